The van der Waals surface area contributed by atoms with E-state index in [0.29, 0.717) is 13.0 Å². The summed E-state index contributed by atoms with van der Waals surface area (Å²) in [7, 11) is 2.15. The van der Waals surface area contributed by atoms with Gasteiger partial charge in [0.2, 0.25) is 5.91 Å². The van der Waals surface area contributed by atoms with Crippen molar-refractivity contribution < 1.29 is 9.53 Å². The summed E-state index contributed by atoms with van der Waals surface area (Å²) in [4.78, 5) is 18.3. The number of hydrogen-bond acceptors (Lipinski definition) is 5. The van der Waals surface area contributed by atoms with Crippen LogP contribution in [0, 0.1) is 0 Å². The van der Waals surface area contributed by atoms with E-state index >= 15 is 0 Å². The van der Waals surface area contributed by atoms with Crippen LogP contribution in [0.1, 0.15) is 22.0 Å². The molecule has 144 valence electrons. The molecule has 1 aromatic heterocycles. The lowest BCUT2D eigenvalue weighted by atomic mass is 10.0. The summed E-state index contributed by atoms with van der Waals surface area (Å²) in [5.74, 6) is 0.0941. The van der Waals surface area contributed by atoms with Crippen molar-refractivity contribution in [2.45, 2.75) is 18.9 Å². The number of anilines is 1. The molecule has 0 aliphatic carbocycles. The molecule has 2 aromatic rings. The van der Waals surface area contributed by atoms with Gasteiger partial charge in [0.1, 0.15) is 0 Å². The van der Waals surface area contributed by atoms with Crippen LogP contribution in [0.4, 0.5) is 5.69 Å². The number of nitrogens with one attached hydrogen (secondary N) is 1. The van der Waals surface area contributed by atoms with Crippen LogP contribution in [0.3, 0.4) is 0 Å². The molecule has 0 spiro atoms. The molecule has 1 N–H and O–H groups in total. The van der Waals surface area contributed by atoms with Gasteiger partial charge in [0, 0.05) is 43.8 Å². The molecule has 1 amide bonds. The lowest BCUT2D eigenvalue weighted by molar-refractivity contribution is -0.120. The highest BCUT2D eigenvalue weighted by molar-refractivity contribution is 7.10. The lowest BCUT2D eigenvalue weighted by Gasteiger charge is -2.35. The Bertz CT molecular complexity index is 772. The number of carbonyl (C=O) groups excluding carboxylic acids is 1. The average molecular weight is 386 g/mol. The van der Waals surface area contributed by atoms with Crippen LogP contribution in [-0.4, -0.2) is 57.2 Å². The minimum absolute atomic E-state index is 0.0941. The molecule has 5 nitrogen and oxygen atoms in total. The van der Waals surface area contributed by atoms with Gasteiger partial charge in [-0.25, -0.2) is 0 Å². The quantitative estimate of drug-likeness (QED) is 0.830. The maximum absolute atomic E-state index is 12.4. The number of ether oxygens (including phenoxy) is 1. The van der Waals surface area contributed by atoms with E-state index in [4.69, 9.17) is 4.74 Å². The van der Waals surface area contributed by atoms with Crippen molar-refractivity contribution >= 4 is 22.9 Å². The van der Waals surface area contributed by atoms with Crippen LogP contribution >= 0.6 is 11.3 Å². The van der Waals surface area contributed by atoms with E-state index < -0.39 is 0 Å². The number of nitrogens with zero attached hydrogens (tertiary/aromatic N) is 2. The minimum atomic E-state index is 0.0941. The smallest absolute Gasteiger partial charge is 0.225 e. The Kier molecular flexibility index (Phi) is 5.76. The molecule has 3 heterocycles. The Labute approximate surface area is 164 Å². The largest absolute Gasteiger partial charge is 0.379 e. The first kappa shape index (κ1) is 18.5. The average Bonchev–Trinajstić information content (AvgIpc) is 3.33. The zero-order chi connectivity index (χ0) is 18.6. The summed E-state index contributed by atoms with van der Waals surface area (Å²) in [5, 5.41) is 5.18. The summed E-state index contributed by atoms with van der Waals surface area (Å²) >= 11 is 1.63. The van der Waals surface area contributed by atoms with Crippen molar-refractivity contribution in [3.05, 3.63) is 51.7 Å². The molecule has 2 aliphatic rings. The summed E-state index contributed by atoms with van der Waals surface area (Å²) in [6.45, 7) is 5.04. The molecule has 0 radical (unpaired) electrons. The van der Waals surface area contributed by atoms with E-state index in [1.165, 1.54) is 16.8 Å². The number of rotatable bonds is 6. The first-order valence-electron chi connectivity index (χ1n) is 9.65. The third-order valence-corrected chi connectivity index (χ3v) is 6.39. The maximum atomic E-state index is 12.4. The topological polar surface area (TPSA) is 44.8 Å². The standard InChI is InChI=1S/C21H27N3O2S/c1-23-7-6-17-13-16(4-5-19(17)23)20(24-8-10-26-11-9-24)15-22-21(25)14-18-3-2-12-27-18/h2-5,12-13,20H,6-11,14-15H2,1H3,(H,22,25)/t20-/m0/s1. The molecule has 0 bridgehead atoms. The molecule has 4 rings (SSSR count). The van der Waals surface area contributed by atoms with Crippen molar-refractivity contribution in [1.29, 1.82) is 0 Å². The number of fused-ring (bicyclic) bond motifs is 1. The van der Waals surface area contributed by atoms with E-state index in [0.717, 1.165) is 44.1 Å². The van der Waals surface area contributed by atoms with Gasteiger partial charge >= 0.3 is 0 Å². The number of morpholine rings is 1. The zero-order valence-corrected chi connectivity index (χ0v) is 16.6. The second kappa shape index (κ2) is 8.42. The Hall–Kier alpha value is -1.89. The third kappa shape index (κ3) is 4.34. The Morgan fingerprint density at radius 2 is 2.11 bits per heavy atom. The summed E-state index contributed by atoms with van der Waals surface area (Å²) in [5.41, 5.74) is 4.04. The SMILES string of the molecule is CN1CCc2cc([C@H](CNC(=O)Cc3cccs3)N3CCOCC3)ccc21. The van der Waals surface area contributed by atoms with Crippen molar-refractivity contribution in [2.24, 2.45) is 0 Å². The summed E-state index contributed by atoms with van der Waals surface area (Å²) in [6.07, 6.45) is 1.56. The highest BCUT2D eigenvalue weighted by atomic mass is 32.1. The lowest BCUT2D eigenvalue weighted by Crippen LogP contribution is -2.44. The van der Waals surface area contributed by atoms with Crippen LogP contribution < -0.4 is 10.2 Å². The highest BCUT2D eigenvalue weighted by Gasteiger charge is 2.25. The van der Waals surface area contributed by atoms with Crippen LogP contribution in [0.2, 0.25) is 0 Å². The van der Waals surface area contributed by atoms with Gasteiger partial charge in [-0.15, -0.1) is 11.3 Å². The predicted octanol–water partition coefficient (Wildman–Crippen LogP) is 2.47. The minimum Gasteiger partial charge on any atom is -0.379 e. The van der Waals surface area contributed by atoms with E-state index in [1.807, 2.05) is 17.5 Å². The van der Waals surface area contributed by atoms with Crippen molar-refractivity contribution in [3.63, 3.8) is 0 Å². The molecule has 2 aliphatic heterocycles. The Balaban J connectivity index is 1.48. The molecule has 1 fully saturated rings. The molecule has 0 saturated carbocycles. The number of likely N-dealkylation sites (N-methyl/N-ethyl adjacent to an activating group) is 1. The van der Waals surface area contributed by atoms with Crippen LogP contribution in [0.25, 0.3) is 0 Å². The molecule has 1 atom stereocenters. The highest BCUT2D eigenvalue weighted by Crippen LogP contribution is 2.31. The zero-order valence-electron chi connectivity index (χ0n) is 15.8. The van der Waals surface area contributed by atoms with E-state index in [-0.39, 0.29) is 11.9 Å². The number of carbonyl (C=O) groups is 1. The monoisotopic (exact) mass is 385 g/mol. The van der Waals surface area contributed by atoms with Gasteiger partial charge in [-0.3, -0.25) is 9.69 Å². The van der Waals surface area contributed by atoms with Crippen molar-refractivity contribution in [3.8, 4) is 0 Å². The molecule has 27 heavy (non-hydrogen) atoms. The Morgan fingerprint density at radius 1 is 1.26 bits per heavy atom. The van der Waals surface area contributed by atoms with Crippen molar-refractivity contribution in [2.75, 3.05) is 51.3 Å². The number of amides is 1. The van der Waals surface area contributed by atoms with Gasteiger partial charge in [-0.1, -0.05) is 18.2 Å². The van der Waals surface area contributed by atoms with E-state index in [9.17, 15) is 4.79 Å². The van der Waals surface area contributed by atoms with Gasteiger partial charge in [0.25, 0.3) is 0 Å². The second-order valence-electron chi connectivity index (χ2n) is 7.28. The molecule has 0 unspecified atom stereocenters. The first-order chi connectivity index (χ1) is 13.2. The fourth-order valence-electron chi connectivity index (χ4n) is 3.99. The van der Waals surface area contributed by atoms with Crippen LogP contribution in [0.15, 0.2) is 35.7 Å². The van der Waals surface area contributed by atoms with Crippen LogP contribution in [0.5, 0.6) is 0 Å². The van der Waals surface area contributed by atoms with E-state index in [1.54, 1.807) is 11.3 Å². The van der Waals surface area contributed by atoms with Gasteiger partial charge in [-0.05, 0) is 35.1 Å². The number of thiophene rings is 1. The first-order valence-corrected chi connectivity index (χ1v) is 10.5. The fourth-order valence-corrected chi connectivity index (χ4v) is 4.69. The normalized spacial score (nSPS) is 18.3. The fraction of sp³-hybridized carbons (Fsp3) is 0.476. The molecule has 6 heteroatoms. The van der Waals surface area contributed by atoms with Crippen LogP contribution in [-0.2, 0) is 22.4 Å². The van der Waals surface area contributed by atoms with Gasteiger partial charge in [-0.2, -0.15) is 0 Å². The summed E-state index contributed by atoms with van der Waals surface area (Å²) < 4.78 is 5.54. The molecular formula is C21H27N3O2S. The van der Waals surface area contributed by atoms with Gasteiger partial charge < -0.3 is 15.0 Å². The van der Waals surface area contributed by atoms with Gasteiger partial charge in [0.05, 0.1) is 25.7 Å². The summed E-state index contributed by atoms with van der Waals surface area (Å²) in [6, 6.07) is 11.0. The molecular weight excluding hydrogens is 358 g/mol. The Morgan fingerprint density at radius 3 is 2.89 bits per heavy atom. The van der Waals surface area contributed by atoms with E-state index in [2.05, 4.69) is 40.4 Å². The molecule has 1 aromatic carbocycles. The predicted molar refractivity (Wildman–Crippen MR) is 110 cm³/mol. The maximum Gasteiger partial charge on any atom is 0.225 e. The molecule has 1 saturated heterocycles. The third-order valence-electron chi connectivity index (χ3n) is 5.51. The van der Waals surface area contributed by atoms with Crippen molar-refractivity contribution in [1.82, 2.24) is 10.2 Å². The number of benzene rings is 1. The van der Waals surface area contributed by atoms with Gasteiger partial charge in [0.15, 0.2) is 0 Å². The second-order valence-corrected chi connectivity index (χ2v) is 8.32. The number of hydrogen-bond donors (Lipinski definition) is 1.